The van der Waals surface area contributed by atoms with Crippen molar-refractivity contribution in [2.24, 2.45) is 11.1 Å². The molecule has 1 heterocycles. The summed E-state index contributed by atoms with van der Waals surface area (Å²) < 4.78 is 5.67. The third kappa shape index (κ3) is 2.76. The van der Waals surface area contributed by atoms with Gasteiger partial charge in [-0.15, -0.1) is 0 Å². The van der Waals surface area contributed by atoms with Gasteiger partial charge in [0.15, 0.2) is 0 Å². The number of likely N-dealkylation sites (N-methyl/N-ethyl adjacent to an activating group) is 1. The van der Waals surface area contributed by atoms with Crippen LogP contribution in [0.5, 0.6) is 0 Å². The normalized spacial score (nSPS) is 39.8. The van der Waals surface area contributed by atoms with Crippen molar-refractivity contribution in [2.75, 3.05) is 26.7 Å². The van der Waals surface area contributed by atoms with Crippen LogP contribution in [0.1, 0.15) is 39.0 Å². The van der Waals surface area contributed by atoms with E-state index in [9.17, 15) is 0 Å². The molecule has 0 aromatic heterocycles. The minimum atomic E-state index is 0.327. The second kappa shape index (κ2) is 5.03. The van der Waals surface area contributed by atoms with Crippen molar-refractivity contribution in [1.82, 2.24) is 4.90 Å². The molecule has 94 valence electrons. The first-order valence-corrected chi connectivity index (χ1v) is 6.66. The SMILES string of the molecule is CN(CC1CCCO1)CC1(C)CCCC1N. The van der Waals surface area contributed by atoms with E-state index in [2.05, 4.69) is 18.9 Å². The van der Waals surface area contributed by atoms with Crippen LogP contribution in [0.2, 0.25) is 0 Å². The highest BCUT2D eigenvalue weighted by Gasteiger charge is 2.37. The third-order valence-corrected chi connectivity index (χ3v) is 4.33. The van der Waals surface area contributed by atoms with Crippen LogP contribution in [0.3, 0.4) is 0 Å². The lowest BCUT2D eigenvalue weighted by atomic mass is 9.84. The predicted molar refractivity (Wildman–Crippen MR) is 66.4 cm³/mol. The molecule has 3 heteroatoms. The second-order valence-electron chi connectivity index (χ2n) is 5.98. The van der Waals surface area contributed by atoms with Crippen molar-refractivity contribution < 1.29 is 4.74 Å². The average Bonchev–Trinajstić information content (AvgIpc) is 2.79. The van der Waals surface area contributed by atoms with E-state index in [1.54, 1.807) is 0 Å². The Morgan fingerprint density at radius 1 is 1.38 bits per heavy atom. The summed E-state index contributed by atoms with van der Waals surface area (Å²) in [6.45, 7) is 5.49. The molecule has 2 rings (SSSR count). The van der Waals surface area contributed by atoms with Gasteiger partial charge in [0.05, 0.1) is 6.10 Å². The fraction of sp³-hybridized carbons (Fsp3) is 1.00. The van der Waals surface area contributed by atoms with Crippen molar-refractivity contribution in [1.29, 1.82) is 0 Å². The molecule has 3 nitrogen and oxygen atoms in total. The lowest BCUT2D eigenvalue weighted by Gasteiger charge is -2.34. The fourth-order valence-corrected chi connectivity index (χ4v) is 3.27. The standard InChI is InChI=1S/C13H26N2O/c1-13(7-3-6-12(13)14)10-15(2)9-11-5-4-8-16-11/h11-12H,3-10,14H2,1-2H3. The number of nitrogens with zero attached hydrogens (tertiary/aromatic N) is 1. The van der Waals surface area contributed by atoms with Crippen LogP contribution in [0.25, 0.3) is 0 Å². The first kappa shape index (κ1) is 12.3. The van der Waals surface area contributed by atoms with Crippen molar-refractivity contribution in [3.63, 3.8) is 0 Å². The van der Waals surface area contributed by atoms with Gasteiger partial charge in [-0.25, -0.2) is 0 Å². The Balaban J connectivity index is 1.79. The van der Waals surface area contributed by atoms with Gasteiger partial charge in [0.1, 0.15) is 0 Å². The summed E-state index contributed by atoms with van der Waals surface area (Å²) in [4.78, 5) is 2.42. The predicted octanol–water partition coefficient (Wildman–Crippen LogP) is 1.61. The molecule has 0 amide bonds. The smallest absolute Gasteiger partial charge is 0.0702 e. The summed E-state index contributed by atoms with van der Waals surface area (Å²) in [5.74, 6) is 0. The van der Waals surface area contributed by atoms with Gasteiger partial charge in [-0.1, -0.05) is 13.3 Å². The van der Waals surface area contributed by atoms with Crippen LogP contribution in [0, 0.1) is 5.41 Å². The highest BCUT2D eigenvalue weighted by Crippen LogP contribution is 2.37. The summed E-state index contributed by atoms with van der Waals surface area (Å²) in [6.07, 6.45) is 6.70. The molecule has 0 radical (unpaired) electrons. The van der Waals surface area contributed by atoms with Crippen molar-refractivity contribution in [2.45, 2.75) is 51.2 Å². The zero-order valence-electron chi connectivity index (χ0n) is 10.7. The molecule has 2 N–H and O–H groups in total. The maximum absolute atomic E-state index is 6.21. The molecular formula is C13H26N2O. The first-order chi connectivity index (χ1) is 7.60. The molecule has 0 bridgehead atoms. The second-order valence-corrected chi connectivity index (χ2v) is 5.98. The fourth-order valence-electron chi connectivity index (χ4n) is 3.27. The van der Waals surface area contributed by atoms with Gasteiger partial charge < -0.3 is 15.4 Å². The largest absolute Gasteiger partial charge is 0.377 e. The van der Waals surface area contributed by atoms with Gasteiger partial charge in [-0.05, 0) is 38.1 Å². The molecule has 16 heavy (non-hydrogen) atoms. The molecule has 1 aliphatic carbocycles. The zero-order chi connectivity index (χ0) is 11.6. The van der Waals surface area contributed by atoms with Gasteiger partial charge in [-0.2, -0.15) is 0 Å². The molecule has 1 saturated carbocycles. The Kier molecular flexibility index (Phi) is 3.88. The summed E-state index contributed by atoms with van der Waals surface area (Å²) >= 11 is 0. The van der Waals surface area contributed by atoms with Gasteiger partial charge in [0, 0.05) is 25.7 Å². The topological polar surface area (TPSA) is 38.5 Å². The molecule has 3 atom stereocenters. The maximum atomic E-state index is 6.21. The molecule has 2 aliphatic rings. The summed E-state index contributed by atoms with van der Waals surface area (Å²) in [5, 5.41) is 0. The average molecular weight is 226 g/mol. The van der Waals surface area contributed by atoms with E-state index in [-0.39, 0.29) is 0 Å². The molecule has 1 aliphatic heterocycles. The number of hydrogen-bond donors (Lipinski definition) is 1. The molecule has 3 unspecified atom stereocenters. The van der Waals surface area contributed by atoms with Crippen LogP contribution in [0.4, 0.5) is 0 Å². The van der Waals surface area contributed by atoms with Crippen LogP contribution in [-0.4, -0.2) is 43.8 Å². The van der Waals surface area contributed by atoms with Gasteiger partial charge in [0.25, 0.3) is 0 Å². The quantitative estimate of drug-likeness (QED) is 0.791. The van der Waals surface area contributed by atoms with Gasteiger partial charge in [-0.3, -0.25) is 0 Å². The monoisotopic (exact) mass is 226 g/mol. The Hall–Kier alpha value is -0.120. The maximum Gasteiger partial charge on any atom is 0.0702 e. The minimum absolute atomic E-state index is 0.327. The van der Waals surface area contributed by atoms with Crippen LogP contribution in [-0.2, 0) is 4.74 Å². The Bertz CT molecular complexity index is 228. The Labute approximate surface area is 99.3 Å². The van der Waals surface area contributed by atoms with E-state index in [0.29, 0.717) is 17.6 Å². The van der Waals surface area contributed by atoms with Gasteiger partial charge >= 0.3 is 0 Å². The first-order valence-electron chi connectivity index (χ1n) is 6.66. The highest BCUT2D eigenvalue weighted by molar-refractivity contribution is 4.93. The lowest BCUT2D eigenvalue weighted by Crippen LogP contribution is -2.44. The van der Waals surface area contributed by atoms with Crippen molar-refractivity contribution in [3.05, 3.63) is 0 Å². The van der Waals surface area contributed by atoms with E-state index in [1.807, 2.05) is 0 Å². The van der Waals surface area contributed by atoms with E-state index < -0.39 is 0 Å². The summed E-state index contributed by atoms with van der Waals surface area (Å²) in [7, 11) is 2.21. The number of ether oxygens (including phenoxy) is 1. The minimum Gasteiger partial charge on any atom is -0.377 e. The van der Waals surface area contributed by atoms with Crippen molar-refractivity contribution >= 4 is 0 Å². The molecule has 0 spiro atoms. The number of nitrogens with two attached hydrogens (primary N) is 1. The van der Waals surface area contributed by atoms with E-state index >= 15 is 0 Å². The molecule has 2 fully saturated rings. The third-order valence-electron chi connectivity index (χ3n) is 4.33. The van der Waals surface area contributed by atoms with Crippen LogP contribution >= 0.6 is 0 Å². The van der Waals surface area contributed by atoms with Crippen LogP contribution < -0.4 is 5.73 Å². The summed E-state index contributed by atoms with van der Waals surface area (Å²) in [5.41, 5.74) is 6.54. The molecule has 1 saturated heterocycles. The molecular weight excluding hydrogens is 200 g/mol. The zero-order valence-corrected chi connectivity index (χ0v) is 10.7. The molecule has 0 aromatic rings. The number of hydrogen-bond acceptors (Lipinski definition) is 3. The van der Waals surface area contributed by atoms with Gasteiger partial charge in [0.2, 0.25) is 0 Å². The Morgan fingerprint density at radius 2 is 2.19 bits per heavy atom. The van der Waals surface area contributed by atoms with Crippen LogP contribution in [0.15, 0.2) is 0 Å². The summed E-state index contributed by atoms with van der Waals surface area (Å²) in [6, 6.07) is 0.388. The number of rotatable bonds is 4. The van der Waals surface area contributed by atoms with E-state index in [1.165, 1.54) is 32.1 Å². The van der Waals surface area contributed by atoms with E-state index in [4.69, 9.17) is 10.5 Å². The Morgan fingerprint density at radius 3 is 2.75 bits per heavy atom. The molecule has 0 aromatic carbocycles. The lowest BCUT2D eigenvalue weighted by molar-refractivity contribution is 0.0656. The highest BCUT2D eigenvalue weighted by atomic mass is 16.5. The van der Waals surface area contributed by atoms with Crippen molar-refractivity contribution in [3.8, 4) is 0 Å². The van der Waals surface area contributed by atoms with E-state index in [0.717, 1.165) is 19.7 Å².